The zero-order valence-corrected chi connectivity index (χ0v) is 21.9. The molecule has 1 atom stereocenters. The number of carbonyl (C=O) groups is 4. The zero-order chi connectivity index (χ0) is 25.0. The number of methoxy groups -OCH3 is 1. The Labute approximate surface area is 199 Å². The molecule has 10 heteroatoms. The number of carbonyl (C=O) groups excluding carboxylic acids is 4. The lowest BCUT2D eigenvalue weighted by molar-refractivity contribution is -0.156. The number of rotatable bonds is 13. The fourth-order valence-corrected chi connectivity index (χ4v) is 3.56. The molecule has 0 saturated carbocycles. The van der Waals surface area contributed by atoms with E-state index >= 15 is 0 Å². The summed E-state index contributed by atoms with van der Waals surface area (Å²) in [4.78, 5) is 47.6. The van der Waals surface area contributed by atoms with Crippen LogP contribution in [0, 0.1) is 5.41 Å². The number of amides is 1. The molecule has 0 aromatic heterocycles. The first-order chi connectivity index (χ1) is 14.6. The van der Waals surface area contributed by atoms with E-state index in [0.717, 1.165) is 6.42 Å². The van der Waals surface area contributed by atoms with Gasteiger partial charge in [-0.15, -0.1) is 0 Å². The van der Waals surface area contributed by atoms with Crippen LogP contribution in [0.25, 0.3) is 0 Å². The van der Waals surface area contributed by atoms with Crippen molar-refractivity contribution in [3.8, 4) is 0 Å². The summed E-state index contributed by atoms with van der Waals surface area (Å²) in [5.74, 6) is -1.23. The van der Waals surface area contributed by atoms with Crippen LogP contribution in [0.5, 0.6) is 0 Å². The Morgan fingerprint density at radius 3 is 2.00 bits per heavy atom. The van der Waals surface area contributed by atoms with Gasteiger partial charge in [-0.1, -0.05) is 15.9 Å². The molecule has 32 heavy (non-hydrogen) atoms. The van der Waals surface area contributed by atoms with Crippen LogP contribution in [0.4, 0.5) is 4.79 Å². The van der Waals surface area contributed by atoms with Crippen molar-refractivity contribution in [2.75, 3.05) is 26.9 Å². The average molecular weight is 524 g/mol. The summed E-state index contributed by atoms with van der Waals surface area (Å²) >= 11 is 3.36. The maximum absolute atomic E-state index is 12.5. The predicted octanol–water partition coefficient (Wildman–Crippen LogP) is 3.90. The van der Waals surface area contributed by atoms with Crippen LogP contribution < -0.4 is 5.32 Å². The van der Waals surface area contributed by atoms with Gasteiger partial charge >= 0.3 is 24.0 Å². The highest BCUT2D eigenvalue weighted by atomic mass is 79.9. The first-order valence-corrected chi connectivity index (χ1v) is 11.5. The number of hydrogen-bond acceptors (Lipinski definition) is 8. The lowest BCUT2D eigenvalue weighted by atomic mass is 9.83. The lowest BCUT2D eigenvalue weighted by Gasteiger charge is -2.30. The smallest absolute Gasteiger partial charge is 0.407 e. The number of hydrogen-bond donors (Lipinski definition) is 1. The minimum Gasteiger partial charge on any atom is -0.469 e. The topological polar surface area (TPSA) is 117 Å². The molecule has 0 aromatic rings. The Morgan fingerprint density at radius 1 is 0.844 bits per heavy atom. The number of nitrogens with one attached hydrogen (secondary N) is 1. The maximum Gasteiger partial charge on any atom is 0.407 e. The molecule has 0 rings (SSSR count). The van der Waals surface area contributed by atoms with E-state index in [1.54, 1.807) is 41.5 Å². The number of esters is 3. The minimum absolute atomic E-state index is 0.0320. The Bertz CT molecular complexity index is 640. The molecule has 0 heterocycles. The molecule has 1 unspecified atom stereocenters. The van der Waals surface area contributed by atoms with Crippen molar-refractivity contribution in [1.29, 1.82) is 0 Å². The van der Waals surface area contributed by atoms with Gasteiger partial charge in [-0.3, -0.25) is 14.4 Å². The molecule has 0 aliphatic rings. The summed E-state index contributed by atoms with van der Waals surface area (Å²) in [5, 5.41) is 2.51. The normalized spacial score (nSPS) is 13.5. The second-order valence-corrected chi connectivity index (χ2v) is 11.1. The third-order valence-electron chi connectivity index (χ3n) is 4.24. The fraction of sp³-hybridized carbons (Fsp3) is 0.818. The van der Waals surface area contributed by atoms with Crippen molar-refractivity contribution in [3.63, 3.8) is 0 Å². The van der Waals surface area contributed by atoms with Gasteiger partial charge in [-0.25, -0.2) is 4.79 Å². The molecular formula is C22H38BrNO8. The largest absolute Gasteiger partial charge is 0.469 e. The van der Waals surface area contributed by atoms with Crippen molar-refractivity contribution in [3.05, 3.63) is 0 Å². The summed E-state index contributed by atoms with van der Waals surface area (Å²) < 4.78 is 19.1. The van der Waals surface area contributed by atoms with Crippen molar-refractivity contribution in [1.82, 2.24) is 5.32 Å². The van der Waals surface area contributed by atoms with Gasteiger partial charge in [-0.05, 0) is 67.2 Å². The highest BCUT2D eigenvalue weighted by molar-refractivity contribution is 9.10. The van der Waals surface area contributed by atoms with E-state index in [1.807, 2.05) is 0 Å². The minimum atomic E-state index is -1.11. The Balaban J connectivity index is 4.35. The van der Waals surface area contributed by atoms with E-state index < -0.39 is 33.4 Å². The van der Waals surface area contributed by atoms with Crippen molar-refractivity contribution in [2.24, 2.45) is 5.41 Å². The standard InChI is InChI=1S/C22H38BrNO8/c1-20(2,3)32-19(28)24-12-14-31-18(27)22(6,23)15-21(4,5)17(26)30-13-10-8-9-11-16(25)29-7/h8-15H2,1-7H3,(H,24,28). The van der Waals surface area contributed by atoms with Gasteiger partial charge in [0, 0.05) is 6.42 Å². The Morgan fingerprint density at radius 2 is 1.44 bits per heavy atom. The van der Waals surface area contributed by atoms with Crippen LogP contribution >= 0.6 is 15.9 Å². The van der Waals surface area contributed by atoms with Gasteiger partial charge < -0.3 is 24.3 Å². The molecule has 0 aliphatic carbocycles. The Kier molecular flexibility index (Phi) is 12.9. The third-order valence-corrected chi connectivity index (χ3v) is 4.85. The number of ether oxygens (including phenoxy) is 4. The summed E-state index contributed by atoms with van der Waals surface area (Å²) in [6.45, 7) is 10.6. The second kappa shape index (κ2) is 13.6. The molecular weight excluding hydrogens is 486 g/mol. The molecule has 1 N–H and O–H groups in total. The second-order valence-electron chi connectivity index (χ2n) is 9.35. The van der Waals surface area contributed by atoms with Crippen molar-refractivity contribution >= 4 is 39.9 Å². The molecule has 1 amide bonds. The van der Waals surface area contributed by atoms with Crippen LogP contribution in [0.2, 0.25) is 0 Å². The van der Waals surface area contributed by atoms with E-state index in [4.69, 9.17) is 14.2 Å². The van der Waals surface area contributed by atoms with Gasteiger partial charge in [0.05, 0.1) is 25.7 Å². The lowest BCUT2D eigenvalue weighted by Crippen LogP contribution is -2.41. The van der Waals surface area contributed by atoms with E-state index in [0.29, 0.717) is 19.3 Å². The molecule has 186 valence electrons. The maximum atomic E-state index is 12.5. The van der Waals surface area contributed by atoms with Crippen LogP contribution in [0.15, 0.2) is 0 Å². The number of unbranched alkanes of at least 4 members (excludes halogenated alkanes) is 2. The van der Waals surface area contributed by atoms with Gasteiger partial charge in [0.2, 0.25) is 0 Å². The molecule has 0 saturated heterocycles. The molecule has 0 spiro atoms. The first-order valence-electron chi connectivity index (χ1n) is 10.7. The summed E-state index contributed by atoms with van der Waals surface area (Å²) in [6.07, 6.45) is 1.94. The van der Waals surface area contributed by atoms with Gasteiger partial charge in [0.15, 0.2) is 0 Å². The molecule has 0 radical (unpaired) electrons. The van der Waals surface area contributed by atoms with Crippen LogP contribution in [-0.4, -0.2) is 60.8 Å². The highest BCUT2D eigenvalue weighted by Gasteiger charge is 2.42. The van der Waals surface area contributed by atoms with E-state index in [1.165, 1.54) is 7.11 Å². The fourth-order valence-electron chi connectivity index (χ4n) is 2.75. The third kappa shape index (κ3) is 13.5. The van der Waals surface area contributed by atoms with E-state index in [9.17, 15) is 19.2 Å². The van der Waals surface area contributed by atoms with Crippen LogP contribution in [0.1, 0.15) is 73.6 Å². The molecule has 9 nitrogen and oxygen atoms in total. The monoisotopic (exact) mass is 523 g/mol. The number of halogens is 1. The molecule has 0 bridgehead atoms. The number of alkyl halides is 1. The quantitative estimate of drug-likeness (QED) is 0.167. The van der Waals surface area contributed by atoms with E-state index in [2.05, 4.69) is 26.0 Å². The van der Waals surface area contributed by atoms with Crippen LogP contribution in [0.3, 0.4) is 0 Å². The van der Waals surface area contributed by atoms with Gasteiger partial charge in [-0.2, -0.15) is 0 Å². The summed E-state index contributed by atoms with van der Waals surface area (Å²) in [6, 6.07) is 0. The molecule has 0 aromatic carbocycles. The van der Waals surface area contributed by atoms with Gasteiger partial charge in [0.1, 0.15) is 16.5 Å². The average Bonchev–Trinajstić information content (AvgIpc) is 2.64. The predicted molar refractivity (Wildman–Crippen MR) is 122 cm³/mol. The Hall–Kier alpha value is -1.84. The van der Waals surface area contributed by atoms with Crippen molar-refractivity contribution < 1.29 is 38.1 Å². The van der Waals surface area contributed by atoms with Crippen LogP contribution in [-0.2, 0) is 33.3 Å². The van der Waals surface area contributed by atoms with Gasteiger partial charge in [0.25, 0.3) is 0 Å². The number of alkyl carbamates (subject to hydrolysis) is 1. The highest BCUT2D eigenvalue weighted by Crippen LogP contribution is 2.36. The van der Waals surface area contributed by atoms with E-state index in [-0.39, 0.29) is 32.1 Å². The summed E-state index contributed by atoms with van der Waals surface area (Å²) in [5.41, 5.74) is -1.55. The van der Waals surface area contributed by atoms with Crippen molar-refractivity contribution in [2.45, 2.75) is 83.6 Å². The summed E-state index contributed by atoms with van der Waals surface area (Å²) in [7, 11) is 1.35. The zero-order valence-electron chi connectivity index (χ0n) is 20.3. The SMILES string of the molecule is COC(=O)CCCCCOC(=O)C(C)(C)CC(C)(Br)C(=O)OCCNC(=O)OC(C)(C)C. The molecule has 0 fully saturated rings. The molecule has 0 aliphatic heterocycles. The first kappa shape index (κ1) is 30.2.